The van der Waals surface area contributed by atoms with Gasteiger partial charge in [-0.05, 0) is 12.1 Å². The van der Waals surface area contributed by atoms with Gasteiger partial charge in [-0.2, -0.15) is 18.4 Å². The van der Waals surface area contributed by atoms with Crippen molar-refractivity contribution in [3.63, 3.8) is 0 Å². The number of rotatable bonds is 3. The summed E-state index contributed by atoms with van der Waals surface area (Å²) in [5.41, 5.74) is -0.707. The predicted octanol–water partition coefficient (Wildman–Crippen LogP) is 3.17. The molecule has 1 rings (SSSR count). The third kappa shape index (κ3) is 4.78. The van der Waals surface area contributed by atoms with Crippen molar-refractivity contribution in [3.05, 3.63) is 27.7 Å². The minimum atomic E-state index is -4.90. The van der Waals surface area contributed by atoms with Crippen molar-refractivity contribution in [2.24, 2.45) is 0 Å². The Morgan fingerprint density at radius 1 is 1.32 bits per heavy atom. The van der Waals surface area contributed by atoms with Crippen molar-refractivity contribution in [2.75, 3.05) is 10.5 Å². The molecule has 0 unspecified atom stereocenters. The van der Waals surface area contributed by atoms with E-state index in [-0.39, 0.29) is 15.6 Å². The Bertz CT molecular complexity index is 638. The molecule has 0 fully saturated rings. The molecule has 0 amide bonds. The van der Waals surface area contributed by atoms with E-state index < -0.39 is 27.6 Å². The minimum Gasteiger partial charge on any atom is -0.282 e. The number of alkyl halides is 3. The number of nitrogens with one attached hydrogen (secondary N) is 1. The molecule has 0 radical (unpaired) electrons. The fourth-order valence-corrected chi connectivity index (χ4v) is 2.72. The first-order valence-electron chi connectivity index (χ1n) is 4.50. The first-order valence-corrected chi connectivity index (χ1v) is 6.91. The Hall–Kier alpha value is -1.17. The van der Waals surface area contributed by atoms with Gasteiger partial charge in [0.25, 0.3) is 0 Å². The molecule has 0 aromatic heterocycles. The number of hydrogen-bond donors (Lipinski definition) is 1. The van der Waals surface area contributed by atoms with E-state index in [9.17, 15) is 21.6 Å². The largest absolute Gasteiger partial charge is 0.404 e. The molecule has 10 heteroatoms. The summed E-state index contributed by atoms with van der Waals surface area (Å²) in [6.07, 6.45) is -4.90. The molecule has 0 saturated carbocycles. The molecule has 104 valence electrons. The maximum absolute atomic E-state index is 12.1. The molecule has 19 heavy (non-hydrogen) atoms. The van der Waals surface area contributed by atoms with E-state index in [2.05, 4.69) is 0 Å². The maximum atomic E-state index is 12.1. The van der Waals surface area contributed by atoms with Gasteiger partial charge in [0.1, 0.15) is 6.07 Å². The molecular formula is C9H5Cl2F3N2O2S. The van der Waals surface area contributed by atoms with E-state index in [1.54, 1.807) is 10.8 Å². The van der Waals surface area contributed by atoms with Crippen LogP contribution < -0.4 is 4.72 Å². The zero-order valence-electron chi connectivity index (χ0n) is 8.92. The van der Waals surface area contributed by atoms with E-state index in [4.69, 9.17) is 28.5 Å². The second kappa shape index (κ2) is 5.45. The molecule has 4 nitrogen and oxygen atoms in total. The highest BCUT2D eigenvalue weighted by Crippen LogP contribution is 2.30. The van der Waals surface area contributed by atoms with Gasteiger partial charge in [0, 0.05) is 5.02 Å². The molecule has 1 N–H and O–H groups in total. The lowest BCUT2D eigenvalue weighted by atomic mass is 10.2. The van der Waals surface area contributed by atoms with Crippen molar-refractivity contribution in [3.8, 4) is 6.07 Å². The van der Waals surface area contributed by atoms with Gasteiger partial charge in [-0.25, -0.2) is 8.42 Å². The highest BCUT2D eigenvalue weighted by Gasteiger charge is 2.35. The number of nitriles is 1. The van der Waals surface area contributed by atoms with E-state index in [0.29, 0.717) is 0 Å². The summed E-state index contributed by atoms with van der Waals surface area (Å²) < 4.78 is 60.4. The number of benzene rings is 1. The first kappa shape index (κ1) is 15.9. The third-order valence-electron chi connectivity index (χ3n) is 1.79. The van der Waals surface area contributed by atoms with Crippen LogP contribution in [0.25, 0.3) is 0 Å². The zero-order valence-corrected chi connectivity index (χ0v) is 11.3. The fourth-order valence-electron chi connectivity index (χ4n) is 1.19. The standard InChI is InChI=1S/C9H5Cl2F3N2O2S/c10-5-1-7(11)6(3-15)8(2-5)16-19(17,18)4-9(12,13)14/h1-2,16H,4H2. The lowest BCUT2D eigenvalue weighted by Gasteiger charge is -2.12. The van der Waals surface area contributed by atoms with Crippen molar-refractivity contribution in [1.82, 2.24) is 0 Å². The maximum Gasteiger partial charge on any atom is 0.404 e. The van der Waals surface area contributed by atoms with Crippen LogP contribution in [0.5, 0.6) is 0 Å². The number of anilines is 1. The number of hydrogen-bond acceptors (Lipinski definition) is 3. The predicted molar refractivity (Wildman–Crippen MR) is 64.6 cm³/mol. The molecule has 0 saturated heterocycles. The highest BCUT2D eigenvalue weighted by molar-refractivity contribution is 7.92. The smallest absolute Gasteiger partial charge is 0.282 e. The summed E-state index contributed by atoms with van der Waals surface area (Å²) in [6, 6.07) is 3.75. The van der Waals surface area contributed by atoms with Crippen LogP contribution in [0.2, 0.25) is 10.0 Å². The van der Waals surface area contributed by atoms with E-state index in [0.717, 1.165) is 6.07 Å². The highest BCUT2D eigenvalue weighted by atomic mass is 35.5. The van der Waals surface area contributed by atoms with Crippen LogP contribution in [0.1, 0.15) is 5.56 Å². The summed E-state index contributed by atoms with van der Waals surface area (Å²) >= 11 is 11.2. The molecule has 0 aliphatic heterocycles. The average Bonchev–Trinajstić information content (AvgIpc) is 2.11. The Morgan fingerprint density at radius 2 is 1.89 bits per heavy atom. The molecule has 0 spiro atoms. The van der Waals surface area contributed by atoms with Crippen molar-refractivity contribution in [2.45, 2.75) is 6.18 Å². The normalized spacial score (nSPS) is 12.0. The van der Waals surface area contributed by atoms with Gasteiger partial charge in [0.2, 0.25) is 10.0 Å². The van der Waals surface area contributed by atoms with Gasteiger partial charge in [0.05, 0.1) is 16.3 Å². The van der Waals surface area contributed by atoms with Gasteiger partial charge in [0.15, 0.2) is 5.75 Å². The van der Waals surface area contributed by atoms with Gasteiger partial charge in [-0.1, -0.05) is 23.2 Å². The molecule has 0 aliphatic carbocycles. The lowest BCUT2D eigenvalue weighted by molar-refractivity contribution is -0.106. The Morgan fingerprint density at radius 3 is 2.37 bits per heavy atom. The third-order valence-corrected chi connectivity index (χ3v) is 3.54. The van der Waals surface area contributed by atoms with Crippen molar-refractivity contribution >= 4 is 38.9 Å². The van der Waals surface area contributed by atoms with E-state index in [1.165, 1.54) is 6.07 Å². The number of sulfonamides is 1. The summed E-state index contributed by atoms with van der Waals surface area (Å²) in [5, 5.41) is 8.60. The van der Waals surface area contributed by atoms with Gasteiger partial charge >= 0.3 is 6.18 Å². The molecule has 0 heterocycles. The Labute approximate surface area is 116 Å². The summed E-state index contributed by atoms with van der Waals surface area (Å²) in [5.74, 6) is -2.07. The monoisotopic (exact) mass is 332 g/mol. The van der Waals surface area contributed by atoms with Crippen LogP contribution in [0.4, 0.5) is 18.9 Å². The summed E-state index contributed by atoms with van der Waals surface area (Å²) in [4.78, 5) is 0. The topological polar surface area (TPSA) is 70.0 Å². The van der Waals surface area contributed by atoms with Crippen LogP contribution in [-0.4, -0.2) is 20.3 Å². The molecular weight excluding hydrogens is 328 g/mol. The quantitative estimate of drug-likeness (QED) is 0.924. The van der Waals surface area contributed by atoms with Crippen LogP contribution in [-0.2, 0) is 10.0 Å². The van der Waals surface area contributed by atoms with Gasteiger partial charge < -0.3 is 0 Å². The van der Waals surface area contributed by atoms with Crippen LogP contribution in [0.3, 0.4) is 0 Å². The fraction of sp³-hybridized carbons (Fsp3) is 0.222. The van der Waals surface area contributed by atoms with E-state index in [1.807, 2.05) is 0 Å². The second-order valence-corrected chi connectivity index (χ2v) is 5.96. The molecule has 1 aromatic carbocycles. The second-order valence-electron chi connectivity index (χ2n) is 3.40. The number of halogens is 5. The Kier molecular flexibility index (Phi) is 4.55. The molecule has 0 atom stereocenters. The Balaban J connectivity index is 3.17. The van der Waals surface area contributed by atoms with Crippen molar-refractivity contribution in [1.29, 1.82) is 5.26 Å². The molecule has 1 aromatic rings. The lowest BCUT2D eigenvalue weighted by Crippen LogP contribution is -2.28. The van der Waals surface area contributed by atoms with Crippen molar-refractivity contribution < 1.29 is 21.6 Å². The summed E-state index contributed by atoms with van der Waals surface area (Å²) in [7, 11) is -4.70. The zero-order chi connectivity index (χ0) is 14.8. The number of nitrogens with zero attached hydrogens (tertiary/aromatic N) is 1. The minimum absolute atomic E-state index is 0.0197. The molecule has 0 bridgehead atoms. The van der Waals surface area contributed by atoms with Crippen LogP contribution >= 0.6 is 23.2 Å². The SMILES string of the molecule is N#Cc1c(Cl)cc(Cl)cc1NS(=O)(=O)CC(F)(F)F. The van der Waals surface area contributed by atoms with Gasteiger partial charge in [-0.3, -0.25) is 4.72 Å². The van der Waals surface area contributed by atoms with Gasteiger partial charge in [-0.15, -0.1) is 0 Å². The average molecular weight is 333 g/mol. The van der Waals surface area contributed by atoms with Crippen LogP contribution in [0.15, 0.2) is 12.1 Å². The summed E-state index contributed by atoms with van der Waals surface area (Å²) in [6.45, 7) is 0. The molecule has 0 aliphatic rings. The van der Waals surface area contributed by atoms with Crippen LogP contribution in [0, 0.1) is 11.3 Å². The van der Waals surface area contributed by atoms with E-state index >= 15 is 0 Å². The first-order chi connectivity index (χ1) is 8.54.